The quantitative estimate of drug-likeness (QED) is 0.788. The van der Waals surface area contributed by atoms with Gasteiger partial charge in [0.05, 0.1) is 0 Å². The highest BCUT2D eigenvalue weighted by atomic mass is 16.4. The van der Waals surface area contributed by atoms with Crippen molar-refractivity contribution in [1.29, 1.82) is 0 Å². The van der Waals surface area contributed by atoms with E-state index >= 15 is 0 Å². The summed E-state index contributed by atoms with van der Waals surface area (Å²) < 4.78 is 0. The number of carbonyl (C=O) groups is 2. The molecule has 0 atom stereocenters. The molecule has 0 fully saturated rings. The van der Waals surface area contributed by atoms with E-state index in [0.717, 1.165) is 18.4 Å². The van der Waals surface area contributed by atoms with Gasteiger partial charge in [-0.3, -0.25) is 9.59 Å². The molecule has 0 saturated carbocycles. The number of aryl methyl sites for hydroxylation is 1. The lowest BCUT2D eigenvalue weighted by Crippen LogP contribution is -2.38. The molecule has 0 bridgehead atoms. The third-order valence-corrected chi connectivity index (χ3v) is 2.89. The summed E-state index contributed by atoms with van der Waals surface area (Å²) in [6.07, 6.45) is 1.82. The summed E-state index contributed by atoms with van der Waals surface area (Å²) in [6.45, 7) is 4.85. The number of anilines is 1. The molecule has 0 heterocycles. The van der Waals surface area contributed by atoms with Crippen LogP contribution in [0.2, 0.25) is 0 Å². The van der Waals surface area contributed by atoms with Crippen molar-refractivity contribution in [1.82, 2.24) is 0 Å². The molecule has 0 aliphatic carbocycles. The summed E-state index contributed by atoms with van der Waals surface area (Å²) >= 11 is 0. The predicted molar refractivity (Wildman–Crippen MR) is 70.5 cm³/mol. The van der Waals surface area contributed by atoms with Crippen molar-refractivity contribution in [2.75, 3.05) is 5.32 Å². The summed E-state index contributed by atoms with van der Waals surface area (Å²) in [5.74, 6) is -1.63. The Morgan fingerprint density at radius 3 is 2.44 bits per heavy atom. The van der Waals surface area contributed by atoms with E-state index in [1.807, 2.05) is 18.2 Å². The maximum atomic E-state index is 11.9. The monoisotopic (exact) mass is 249 g/mol. The van der Waals surface area contributed by atoms with Gasteiger partial charge in [0.25, 0.3) is 0 Å². The molecule has 1 aromatic rings. The number of carboxylic acid groups (broad SMARTS) is 1. The van der Waals surface area contributed by atoms with Crippen LogP contribution in [-0.4, -0.2) is 17.0 Å². The van der Waals surface area contributed by atoms with Gasteiger partial charge in [-0.05, 0) is 31.9 Å². The van der Waals surface area contributed by atoms with Crippen LogP contribution in [0.4, 0.5) is 5.69 Å². The Morgan fingerprint density at radius 1 is 1.28 bits per heavy atom. The van der Waals surface area contributed by atoms with E-state index in [1.54, 1.807) is 6.07 Å². The van der Waals surface area contributed by atoms with Crippen LogP contribution in [0.5, 0.6) is 0 Å². The molecule has 1 aromatic carbocycles. The summed E-state index contributed by atoms with van der Waals surface area (Å²) in [7, 11) is 0. The van der Waals surface area contributed by atoms with Gasteiger partial charge >= 0.3 is 5.97 Å². The third kappa shape index (κ3) is 3.09. The van der Waals surface area contributed by atoms with Crippen LogP contribution in [0.3, 0.4) is 0 Å². The minimum atomic E-state index is -1.43. The predicted octanol–water partition coefficient (Wildman–Crippen LogP) is 2.69. The normalized spacial score (nSPS) is 11.1. The van der Waals surface area contributed by atoms with Crippen LogP contribution in [0, 0.1) is 5.41 Å². The number of hydrogen-bond acceptors (Lipinski definition) is 2. The third-order valence-electron chi connectivity index (χ3n) is 2.89. The molecule has 1 amide bonds. The van der Waals surface area contributed by atoms with Gasteiger partial charge in [0, 0.05) is 5.69 Å². The molecule has 1 rings (SSSR count). The van der Waals surface area contributed by atoms with E-state index in [0.29, 0.717) is 5.69 Å². The Labute approximate surface area is 107 Å². The summed E-state index contributed by atoms with van der Waals surface area (Å²) in [6, 6.07) is 7.46. The summed E-state index contributed by atoms with van der Waals surface area (Å²) in [5, 5.41) is 11.7. The van der Waals surface area contributed by atoms with Crippen LogP contribution in [0.25, 0.3) is 0 Å². The minimum absolute atomic E-state index is 0.501. The van der Waals surface area contributed by atoms with Gasteiger partial charge in [-0.15, -0.1) is 0 Å². The van der Waals surface area contributed by atoms with E-state index in [9.17, 15) is 9.59 Å². The zero-order chi connectivity index (χ0) is 13.8. The Morgan fingerprint density at radius 2 is 1.89 bits per heavy atom. The first-order valence-electron chi connectivity index (χ1n) is 6.02. The molecule has 0 radical (unpaired) electrons. The number of rotatable bonds is 5. The summed E-state index contributed by atoms with van der Waals surface area (Å²) in [5.41, 5.74) is 0.285. The van der Waals surface area contributed by atoms with Gasteiger partial charge in [0.2, 0.25) is 5.91 Å². The molecule has 0 spiro atoms. The smallest absolute Gasteiger partial charge is 0.318 e. The van der Waals surface area contributed by atoms with Crippen molar-refractivity contribution < 1.29 is 14.7 Å². The van der Waals surface area contributed by atoms with Crippen molar-refractivity contribution in [3.63, 3.8) is 0 Å². The fourth-order valence-electron chi connectivity index (χ4n) is 1.51. The highest BCUT2D eigenvalue weighted by molar-refractivity contribution is 6.07. The molecular weight excluding hydrogens is 230 g/mol. The fraction of sp³-hybridized carbons (Fsp3) is 0.429. The zero-order valence-electron chi connectivity index (χ0n) is 11.0. The first kappa shape index (κ1) is 14.2. The Kier molecular flexibility index (Phi) is 4.48. The van der Waals surface area contributed by atoms with Crippen molar-refractivity contribution >= 4 is 17.6 Å². The van der Waals surface area contributed by atoms with Gasteiger partial charge in [-0.25, -0.2) is 0 Å². The van der Waals surface area contributed by atoms with Crippen molar-refractivity contribution in [2.24, 2.45) is 5.41 Å². The molecule has 4 heteroatoms. The van der Waals surface area contributed by atoms with Gasteiger partial charge in [0.1, 0.15) is 5.41 Å². The van der Waals surface area contributed by atoms with Crippen LogP contribution in [-0.2, 0) is 16.0 Å². The highest BCUT2D eigenvalue weighted by Crippen LogP contribution is 2.22. The Hall–Kier alpha value is -1.84. The Bertz CT molecular complexity index is 452. The standard InChI is InChI=1S/C14H19NO3/c1-4-7-10-8-5-6-9-11(10)15-12(16)14(2,3)13(17)18/h5-6,8-9H,4,7H2,1-3H3,(H,15,16)(H,17,18). The number of aliphatic carboxylic acids is 1. The van der Waals surface area contributed by atoms with Crippen LogP contribution >= 0.6 is 0 Å². The van der Waals surface area contributed by atoms with Gasteiger partial charge in [-0.2, -0.15) is 0 Å². The topological polar surface area (TPSA) is 66.4 Å². The lowest BCUT2D eigenvalue weighted by molar-refractivity contribution is -0.151. The van der Waals surface area contributed by atoms with Crippen molar-refractivity contribution in [2.45, 2.75) is 33.6 Å². The van der Waals surface area contributed by atoms with Crippen LogP contribution in [0.1, 0.15) is 32.8 Å². The molecule has 4 nitrogen and oxygen atoms in total. The van der Waals surface area contributed by atoms with Crippen LogP contribution in [0.15, 0.2) is 24.3 Å². The Balaban J connectivity index is 2.91. The molecule has 98 valence electrons. The second-order valence-electron chi connectivity index (χ2n) is 4.79. The van der Waals surface area contributed by atoms with Gasteiger partial charge in [0.15, 0.2) is 0 Å². The van der Waals surface area contributed by atoms with E-state index < -0.39 is 17.3 Å². The lowest BCUT2D eigenvalue weighted by atomic mass is 9.92. The maximum absolute atomic E-state index is 11.9. The highest BCUT2D eigenvalue weighted by Gasteiger charge is 2.36. The SMILES string of the molecule is CCCc1ccccc1NC(=O)C(C)(C)C(=O)O. The molecule has 0 saturated heterocycles. The zero-order valence-corrected chi connectivity index (χ0v) is 11.0. The first-order chi connectivity index (χ1) is 8.39. The molecule has 0 aliphatic rings. The number of nitrogens with one attached hydrogen (secondary N) is 1. The lowest BCUT2D eigenvalue weighted by Gasteiger charge is -2.19. The minimum Gasteiger partial charge on any atom is -0.480 e. The van der Waals surface area contributed by atoms with Crippen LogP contribution < -0.4 is 5.32 Å². The number of hydrogen-bond donors (Lipinski definition) is 2. The molecule has 0 unspecified atom stereocenters. The van der Waals surface area contributed by atoms with E-state index in [4.69, 9.17) is 5.11 Å². The molecule has 2 N–H and O–H groups in total. The number of carboxylic acids is 1. The fourth-order valence-corrected chi connectivity index (χ4v) is 1.51. The largest absolute Gasteiger partial charge is 0.480 e. The second-order valence-corrected chi connectivity index (χ2v) is 4.79. The maximum Gasteiger partial charge on any atom is 0.318 e. The molecule has 0 aliphatic heterocycles. The average molecular weight is 249 g/mol. The number of carbonyl (C=O) groups excluding carboxylic acids is 1. The van der Waals surface area contributed by atoms with Crippen molar-refractivity contribution in [3.05, 3.63) is 29.8 Å². The number of amides is 1. The van der Waals surface area contributed by atoms with E-state index in [2.05, 4.69) is 12.2 Å². The van der Waals surface area contributed by atoms with Gasteiger partial charge in [-0.1, -0.05) is 31.5 Å². The number of para-hydroxylation sites is 1. The van der Waals surface area contributed by atoms with E-state index in [1.165, 1.54) is 13.8 Å². The summed E-state index contributed by atoms with van der Waals surface area (Å²) in [4.78, 5) is 22.9. The molecule has 18 heavy (non-hydrogen) atoms. The first-order valence-corrected chi connectivity index (χ1v) is 6.02. The van der Waals surface area contributed by atoms with E-state index in [-0.39, 0.29) is 0 Å². The second kappa shape index (κ2) is 5.67. The number of benzene rings is 1. The van der Waals surface area contributed by atoms with Crippen molar-refractivity contribution in [3.8, 4) is 0 Å². The average Bonchev–Trinajstić information content (AvgIpc) is 2.31. The molecular formula is C14H19NO3. The molecule has 0 aromatic heterocycles. The van der Waals surface area contributed by atoms with Gasteiger partial charge < -0.3 is 10.4 Å².